The molecule has 1 aliphatic rings. The summed E-state index contributed by atoms with van der Waals surface area (Å²) < 4.78 is 5.16. The van der Waals surface area contributed by atoms with Crippen molar-refractivity contribution >= 4 is 5.91 Å². The molecule has 126 valence electrons. The summed E-state index contributed by atoms with van der Waals surface area (Å²) in [5.41, 5.74) is 2.22. The van der Waals surface area contributed by atoms with E-state index in [4.69, 9.17) is 4.74 Å². The summed E-state index contributed by atoms with van der Waals surface area (Å²) >= 11 is 0. The zero-order valence-corrected chi connectivity index (χ0v) is 14.2. The minimum atomic E-state index is 0.0842. The molecule has 2 aromatic rings. The Labute approximate surface area is 144 Å². The molecule has 0 bridgehead atoms. The van der Waals surface area contributed by atoms with E-state index in [2.05, 4.69) is 17.4 Å². The number of hydrogen-bond acceptors (Lipinski definition) is 2. The van der Waals surface area contributed by atoms with Crippen LogP contribution in [0.15, 0.2) is 54.6 Å². The SMILES string of the molecule is COc1ccc(CC(=O)N[C@@H](c2ccccc2)C2CCCC2)cc1. The molecular weight excluding hydrogens is 298 g/mol. The summed E-state index contributed by atoms with van der Waals surface area (Å²) in [6, 6.07) is 18.2. The van der Waals surface area contributed by atoms with Crippen LogP contribution in [0.2, 0.25) is 0 Å². The summed E-state index contributed by atoms with van der Waals surface area (Å²) in [4.78, 5) is 12.6. The Kier molecular flexibility index (Phi) is 5.52. The van der Waals surface area contributed by atoms with E-state index in [-0.39, 0.29) is 11.9 Å². The topological polar surface area (TPSA) is 38.3 Å². The van der Waals surface area contributed by atoms with Crippen molar-refractivity contribution in [2.24, 2.45) is 5.92 Å². The Balaban J connectivity index is 1.68. The van der Waals surface area contributed by atoms with Crippen molar-refractivity contribution in [3.8, 4) is 5.75 Å². The Hall–Kier alpha value is -2.29. The van der Waals surface area contributed by atoms with Crippen LogP contribution < -0.4 is 10.1 Å². The third-order valence-corrected chi connectivity index (χ3v) is 4.87. The molecule has 0 aromatic heterocycles. The molecule has 0 heterocycles. The molecule has 1 fully saturated rings. The highest BCUT2D eigenvalue weighted by Gasteiger charge is 2.27. The first-order valence-corrected chi connectivity index (χ1v) is 8.73. The Morgan fingerprint density at radius 3 is 2.38 bits per heavy atom. The van der Waals surface area contributed by atoms with E-state index in [1.54, 1.807) is 7.11 Å². The van der Waals surface area contributed by atoms with E-state index in [0.717, 1.165) is 11.3 Å². The second-order valence-corrected chi connectivity index (χ2v) is 6.53. The minimum Gasteiger partial charge on any atom is -0.497 e. The highest BCUT2D eigenvalue weighted by molar-refractivity contribution is 5.79. The first-order chi connectivity index (χ1) is 11.8. The molecule has 0 aliphatic heterocycles. The van der Waals surface area contributed by atoms with Crippen LogP contribution in [0.4, 0.5) is 0 Å². The van der Waals surface area contributed by atoms with Crippen molar-refractivity contribution in [3.63, 3.8) is 0 Å². The Morgan fingerprint density at radius 1 is 1.08 bits per heavy atom. The fourth-order valence-electron chi connectivity index (χ4n) is 3.58. The van der Waals surface area contributed by atoms with Crippen molar-refractivity contribution in [2.45, 2.75) is 38.1 Å². The van der Waals surface area contributed by atoms with E-state index in [1.165, 1.54) is 31.2 Å². The molecule has 0 radical (unpaired) electrons. The lowest BCUT2D eigenvalue weighted by Gasteiger charge is -2.25. The lowest BCUT2D eigenvalue weighted by atomic mass is 9.91. The van der Waals surface area contributed by atoms with Gasteiger partial charge in [0.1, 0.15) is 5.75 Å². The maximum Gasteiger partial charge on any atom is 0.224 e. The van der Waals surface area contributed by atoms with Gasteiger partial charge in [0.05, 0.1) is 19.6 Å². The number of ether oxygens (including phenoxy) is 1. The molecule has 1 amide bonds. The van der Waals surface area contributed by atoms with Crippen molar-refractivity contribution < 1.29 is 9.53 Å². The van der Waals surface area contributed by atoms with E-state index in [0.29, 0.717) is 12.3 Å². The maximum absolute atomic E-state index is 12.6. The van der Waals surface area contributed by atoms with E-state index >= 15 is 0 Å². The number of methoxy groups -OCH3 is 1. The molecule has 1 aliphatic carbocycles. The van der Waals surface area contributed by atoms with Gasteiger partial charge in [-0.05, 0) is 42.0 Å². The first-order valence-electron chi connectivity index (χ1n) is 8.73. The number of rotatable bonds is 6. The van der Waals surface area contributed by atoms with E-state index in [9.17, 15) is 4.79 Å². The van der Waals surface area contributed by atoms with Gasteiger partial charge in [0, 0.05) is 0 Å². The molecule has 24 heavy (non-hydrogen) atoms. The van der Waals surface area contributed by atoms with Gasteiger partial charge in [-0.25, -0.2) is 0 Å². The van der Waals surface area contributed by atoms with E-state index in [1.807, 2.05) is 42.5 Å². The zero-order chi connectivity index (χ0) is 16.8. The molecule has 1 N–H and O–H groups in total. The van der Waals surface area contributed by atoms with Gasteiger partial charge in [0.2, 0.25) is 5.91 Å². The van der Waals surface area contributed by atoms with Crippen LogP contribution in [-0.4, -0.2) is 13.0 Å². The smallest absolute Gasteiger partial charge is 0.224 e. The summed E-state index contributed by atoms with van der Waals surface area (Å²) in [7, 11) is 1.65. The van der Waals surface area contributed by atoms with Crippen LogP contribution in [-0.2, 0) is 11.2 Å². The number of nitrogens with one attached hydrogen (secondary N) is 1. The molecule has 3 nitrogen and oxygen atoms in total. The van der Waals surface area contributed by atoms with Crippen molar-refractivity contribution in [2.75, 3.05) is 7.11 Å². The summed E-state index contributed by atoms with van der Waals surface area (Å²) in [6.45, 7) is 0. The molecule has 3 rings (SSSR count). The van der Waals surface area contributed by atoms with Crippen LogP contribution in [0.25, 0.3) is 0 Å². The molecule has 0 saturated heterocycles. The van der Waals surface area contributed by atoms with Crippen molar-refractivity contribution in [3.05, 3.63) is 65.7 Å². The van der Waals surface area contributed by atoms with Crippen molar-refractivity contribution in [1.82, 2.24) is 5.32 Å². The highest BCUT2D eigenvalue weighted by Crippen LogP contribution is 2.35. The standard InChI is InChI=1S/C21H25NO2/c1-24-19-13-11-16(12-14-19)15-20(23)22-21(18-9-5-6-10-18)17-7-3-2-4-8-17/h2-4,7-8,11-14,18,21H,5-6,9-10,15H2,1H3,(H,22,23)/t21-/m0/s1. The Morgan fingerprint density at radius 2 is 1.75 bits per heavy atom. The van der Waals surface area contributed by atoms with E-state index < -0.39 is 0 Å². The molecule has 1 saturated carbocycles. The van der Waals surface area contributed by atoms with Crippen molar-refractivity contribution in [1.29, 1.82) is 0 Å². The number of carbonyl (C=O) groups excluding carboxylic acids is 1. The van der Waals surface area contributed by atoms with Gasteiger partial charge in [-0.15, -0.1) is 0 Å². The average Bonchev–Trinajstić information content (AvgIpc) is 3.15. The molecule has 0 unspecified atom stereocenters. The largest absolute Gasteiger partial charge is 0.497 e. The fraction of sp³-hybridized carbons (Fsp3) is 0.381. The average molecular weight is 323 g/mol. The van der Waals surface area contributed by atoms with Gasteiger partial charge < -0.3 is 10.1 Å². The second-order valence-electron chi connectivity index (χ2n) is 6.53. The summed E-state index contributed by atoms with van der Waals surface area (Å²) in [6.07, 6.45) is 5.33. The number of carbonyl (C=O) groups is 1. The summed E-state index contributed by atoms with van der Waals surface area (Å²) in [5, 5.41) is 3.28. The quantitative estimate of drug-likeness (QED) is 0.861. The lowest BCUT2D eigenvalue weighted by Crippen LogP contribution is -2.33. The van der Waals surface area contributed by atoms with Crippen LogP contribution in [0.5, 0.6) is 5.75 Å². The van der Waals surface area contributed by atoms with Gasteiger partial charge in [0.25, 0.3) is 0 Å². The summed E-state index contributed by atoms with van der Waals surface area (Å²) in [5.74, 6) is 1.44. The normalized spacial score (nSPS) is 15.9. The van der Waals surface area contributed by atoms with Gasteiger partial charge >= 0.3 is 0 Å². The predicted octanol–water partition coefficient (Wildman–Crippen LogP) is 4.29. The van der Waals surface area contributed by atoms with Crippen LogP contribution in [0.1, 0.15) is 42.9 Å². The number of amides is 1. The van der Waals surface area contributed by atoms with Crippen LogP contribution in [0, 0.1) is 5.92 Å². The maximum atomic E-state index is 12.6. The lowest BCUT2D eigenvalue weighted by molar-refractivity contribution is -0.121. The fourth-order valence-corrected chi connectivity index (χ4v) is 3.58. The van der Waals surface area contributed by atoms with Gasteiger partial charge in [0.15, 0.2) is 0 Å². The molecule has 1 atom stereocenters. The number of hydrogen-bond donors (Lipinski definition) is 1. The van der Waals surface area contributed by atoms with Gasteiger partial charge in [-0.2, -0.15) is 0 Å². The molecule has 0 spiro atoms. The minimum absolute atomic E-state index is 0.0842. The zero-order valence-electron chi connectivity index (χ0n) is 14.2. The predicted molar refractivity (Wildman–Crippen MR) is 96.0 cm³/mol. The van der Waals surface area contributed by atoms with Gasteiger partial charge in [-0.1, -0.05) is 55.3 Å². The van der Waals surface area contributed by atoms with Gasteiger partial charge in [-0.3, -0.25) is 4.79 Å². The molecule has 3 heteroatoms. The second kappa shape index (κ2) is 8.00. The van der Waals surface area contributed by atoms with Crippen LogP contribution >= 0.6 is 0 Å². The molecule has 2 aromatic carbocycles. The monoisotopic (exact) mass is 323 g/mol. The van der Waals surface area contributed by atoms with Crippen LogP contribution in [0.3, 0.4) is 0 Å². The molecular formula is C21H25NO2. The third-order valence-electron chi connectivity index (χ3n) is 4.87. The number of benzene rings is 2. The third kappa shape index (κ3) is 4.16. The Bertz CT molecular complexity index is 645. The highest BCUT2D eigenvalue weighted by atomic mass is 16.5. The first kappa shape index (κ1) is 16.6.